The number of guanidine groups is 1. The predicted molar refractivity (Wildman–Crippen MR) is 299 cm³/mol. The molecule has 19 N–H and O–H groups in total. The van der Waals surface area contributed by atoms with E-state index in [2.05, 4.69) is 4.99 Å². The highest BCUT2D eigenvalue weighted by molar-refractivity contribution is 7.79. The second-order valence-corrected chi connectivity index (χ2v) is 23.6. The summed E-state index contributed by atoms with van der Waals surface area (Å²) in [6, 6.07) is 0. The lowest BCUT2D eigenvalue weighted by Gasteiger charge is -2.34. The van der Waals surface area contributed by atoms with Crippen molar-refractivity contribution in [1.29, 1.82) is 0 Å². The summed E-state index contributed by atoms with van der Waals surface area (Å²) in [7, 11) is -4.67. The summed E-state index contributed by atoms with van der Waals surface area (Å²) in [6.07, 6.45) is -7.42. The van der Waals surface area contributed by atoms with Crippen molar-refractivity contribution in [3.05, 3.63) is 23.3 Å². The fourth-order valence-corrected chi connectivity index (χ4v) is 10.3. The molecule has 0 amide bonds. The fourth-order valence-electron chi connectivity index (χ4n) is 10.3. The topological polar surface area (TPSA) is 447 Å². The zero-order valence-electron chi connectivity index (χ0n) is 48.1. The van der Waals surface area contributed by atoms with Gasteiger partial charge in [-0.25, -0.2) is 0 Å². The first-order valence-corrected chi connectivity index (χ1v) is 30.2. The van der Waals surface area contributed by atoms with Gasteiger partial charge in [-0.3, -0.25) is 18.9 Å². The maximum absolute atomic E-state index is 14.2. The maximum atomic E-state index is 14.2. The third-order valence-electron chi connectivity index (χ3n) is 15.2. The van der Waals surface area contributed by atoms with Crippen molar-refractivity contribution in [1.82, 2.24) is 0 Å². The Morgan fingerprint density at radius 1 is 0.738 bits per heavy atom. The molecule has 0 aromatic rings. The van der Waals surface area contributed by atoms with E-state index in [0.717, 1.165) is 12.0 Å². The minimum atomic E-state index is -4.67. The van der Waals surface area contributed by atoms with E-state index >= 15 is 0 Å². The van der Waals surface area contributed by atoms with Gasteiger partial charge in [0, 0.05) is 24.8 Å². The third kappa shape index (κ3) is 32.0. The number of nitrogens with zero attached hydrogens (tertiary/aromatic N) is 1. The Kier molecular flexibility index (Phi) is 37.7. The number of carbonyl (C=O) groups is 1. The van der Waals surface area contributed by atoms with Crippen LogP contribution in [-0.2, 0) is 29.4 Å². The van der Waals surface area contributed by atoms with Gasteiger partial charge in [0.05, 0.1) is 73.6 Å². The molecule has 80 heavy (non-hydrogen) atoms. The normalized spacial score (nSPS) is 35.7. The quantitative estimate of drug-likeness (QED) is 0.0329. The molecule has 2 rings (SSSR count). The molecule has 0 aromatic heterocycles. The average Bonchev–Trinajstić information content (AvgIpc) is 3.63. The third-order valence-corrected chi connectivity index (χ3v) is 15.2. The Bertz CT molecular complexity index is 1870. The fraction of sp³-hybridized carbons (Fsp3) is 0.891. The second-order valence-electron chi connectivity index (χ2n) is 22.7. The SMILES string of the molecule is CCCCC1C(=O)OC(C(C)C(O)CCCN=C(N)N)C(C)C=C(C)CCCCC(O)CC(O)CC(O)CC(O)CC(O)C(OC2OC(CO)C(O)C2O)C=C(C)C(O)CCCC(O)CCCC(O)CCC(C)C1O.O=S(=O)(O)O. The first-order chi connectivity index (χ1) is 37.4. The number of esters is 1. The summed E-state index contributed by atoms with van der Waals surface area (Å²) in [5.41, 5.74) is 12.4. The van der Waals surface area contributed by atoms with Gasteiger partial charge in [0.1, 0.15) is 30.5 Å². The van der Waals surface area contributed by atoms with Crippen LogP contribution < -0.4 is 11.5 Å². The Hall–Kier alpha value is -2.51. The highest BCUT2D eigenvalue weighted by atomic mass is 32.3. The van der Waals surface area contributed by atoms with E-state index < -0.39 is 133 Å². The number of aliphatic imine (C=N–C) groups is 1. The van der Waals surface area contributed by atoms with Crippen LogP contribution in [0.15, 0.2) is 28.3 Å². The van der Waals surface area contributed by atoms with Crippen LogP contribution in [0.1, 0.15) is 176 Å². The van der Waals surface area contributed by atoms with Gasteiger partial charge in [-0.1, -0.05) is 64.7 Å². The summed E-state index contributed by atoms with van der Waals surface area (Å²) in [5.74, 6) is -2.64. The number of hydrogen-bond donors (Lipinski definition) is 17. The Labute approximate surface area is 474 Å². The Morgan fingerprint density at radius 3 is 1.85 bits per heavy atom. The Balaban J connectivity index is 0.00000610. The van der Waals surface area contributed by atoms with Crippen LogP contribution in [0.5, 0.6) is 0 Å². The van der Waals surface area contributed by atoms with E-state index in [0.29, 0.717) is 108 Å². The van der Waals surface area contributed by atoms with E-state index in [4.69, 9.17) is 43.2 Å². The van der Waals surface area contributed by atoms with Crippen molar-refractivity contribution in [2.75, 3.05) is 13.2 Å². The van der Waals surface area contributed by atoms with Gasteiger partial charge in [-0.15, -0.1) is 0 Å². The number of hydrogen-bond acceptors (Lipinski definition) is 20. The number of nitrogens with two attached hydrogens (primary N) is 2. The molecule has 20 unspecified atom stereocenters. The van der Waals surface area contributed by atoms with E-state index in [1.54, 1.807) is 6.92 Å². The van der Waals surface area contributed by atoms with Crippen LogP contribution in [0.2, 0.25) is 0 Å². The highest BCUT2D eigenvalue weighted by Crippen LogP contribution is 2.32. The van der Waals surface area contributed by atoms with Crippen molar-refractivity contribution >= 4 is 22.3 Å². The molecule has 20 atom stereocenters. The first-order valence-electron chi connectivity index (χ1n) is 28.8. The number of carbonyl (C=O) groups excluding carboxylic acids is 1. The van der Waals surface area contributed by atoms with Crippen LogP contribution in [-0.4, -0.2) is 207 Å². The largest absolute Gasteiger partial charge is 0.461 e. The smallest absolute Gasteiger partial charge is 0.394 e. The van der Waals surface area contributed by atoms with Crippen molar-refractivity contribution in [2.45, 2.75) is 274 Å². The van der Waals surface area contributed by atoms with Gasteiger partial charge in [-0.05, 0) is 134 Å². The zero-order valence-corrected chi connectivity index (χ0v) is 48.9. The molecule has 0 radical (unpaired) electrons. The molecule has 2 aliphatic heterocycles. The average molecular weight is 1180 g/mol. The first kappa shape index (κ1) is 75.5. The number of ether oxygens (including phenoxy) is 3. The molecule has 472 valence electrons. The van der Waals surface area contributed by atoms with Gasteiger partial charge in [0.2, 0.25) is 0 Å². The molecule has 25 heteroatoms. The minimum Gasteiger partial charge on any atom is -0.461 e. The highest BCUT2D eigenvalue weighted by Gasteiger charge is 2.45. The van der Waals surface area contributed by atoms with Gasteiger partial charge in [-0.2, -0.15) is 8.42 Å². The maximum Gasteiger partial charge on any atom is 0.394 e. The van der Waals surface area contributed by atoms with E-state index in [1.165, 1.54) is 6.08 Å². The molecule has 1 saturated heterocycles. The number of allylic oxidation sites excluding steroid dienone is 1. The zero-order chi connectivity index (χ0) is 60.9. The lowest BCUT2D eigenvalue weighted by Crippen LogP contribution is -2.42. The monoisotopic (exact) mass is 1180 g/mol. The van der Waals surface area contributed by atoms with Crippen LogP contribution in [0.3, 0.4) is 0 Å². The summed E-state index contributed by atoms with van der Waals surface area (Å²) in [5, 5.41) is 141. The van der Waals surface area contributed by atoms with E-state index in [1.807, 2.05) is 40.7 Å². The molecule has 1 fully saturated rings. The lowest BCUT2D eigenvalue weighted by molar-refractivity contribution is -0.202. The molecule has 24 nitrogen and oxygen atoms in total. The summed E-state index contributed by atoms with van der Waals surface area (Å²) >= 11 is 0. The standard InChI is InChI=1S/C55H103N3O17.H2O4S/c1-7-8-19-43-49(69)33(3)22-23-38(61)17-11-16-37(60)18-12-20-44(66)34(4)26-47(73-54-51(71)50(70)48(31-59)74-54)46(68)30-42(65)29-41(64)28-40(63)27-39(62)15-10-9-14-32(2)25-35(5)52(75-53(43)72)36(6)45(67)21-13-24-58-55(56)57;1-5(2,3)4/h25-26,33,35-52,54,59-71H,7-24,27-31H2,1-6H3,(H4,56,57,58);(H2,1,2,3,4). The van der Waals surface area contributed by atoms with Crippen LogP contribution in [0, 0.1) is 23.7 Å². The van der Waals surface area contributed by atoms with E-state index in [-0.39, 0.29) is 49.9 Å². The second kappa shape index (κ2) is 39.9. The molecule has 2 heterocycles. The molecular formula is C55H105N3O21S. The van der Waals surface area contributed by atoms with Crippen molar-refractivity contribution in [3.63, 3.8) is 0 Å². The van der Waals surface area contributed by atoms with Crippen LogP contribution in [0.25, 0.3) is 0 Å². The summed E-state index contributed by atoms with van der Waals surface area (Å²) in [4.78, 5) is 18.2. The van der Waals surface area contributed by atoms with Crippen molar-refractivity contribution in [3.8, 4) is 0 Å². The number of rotatable bonds is 12. The van der Waals surface area contributed by atoms with Crippen LogP contribution >= 0.6 is 0 Å². The Morgan fingerprint density at radius 2 is 1.29 bits per heavy atom. The molecule has 0 aromatic carbocycles. The molecule has 0 aliphatic carbocycles. The lowest BCUT2D eigenvalue weighted by atomic mass is 9.84. The number of aliphatic hydroxyl groups is 13. The molecule has 0 saturated carbocycles. The van der Waals surface area contributed by atoms with Gasteiger partial charge >= 0.3 is 16.4 Å². The number of unbranched alkanes of at least 4 members (excludes halogenated alkanes) is 1. The van der Waals surface area contributed by atoms with Gasteiger partial charge < -0.3 is 92.1 Å². The van der Waals surface area contributed by atoms with E-state index in [9.17, 15) is 71.2 Å². The molecule has 0 bridgehead atoms. The van der Waals surface area contributed by atoms with Crippen molar-refractivity contribution < 1.29 is 103 Å². The summed E-state index contributed by atoms with van der Waals surface area (Å²) in [6.45, 7) is 10.9. The van der Waals surface area contributed by atoms with Crippen molar-refractivity contribution in [2.24, 2.45) is 40.1 Å². The molecular weight excluding hydrogens is 1070 g/mol. The summed E-state index contributed by atoms with van der Waals surface area (Å²) < 4.78 is 49.3. The molecule has 2 aliphatic rings. The minimum absolute atomic E-state index is 0.0266. The molecule has 0 spiro atoms. The number of cyclic esters (lactones) is 1. The predicted octanol–water partition coefficient (Wildman–Crippen LogP) is 1.59. The van der Waals surface area contributed by atoms with Gasteiger partial charge in [0.15, 0.2) is 12.2 Å². The van der Waals surface area contributed by atoms with Crippen LogP contribution in [0.4, 0.5) is 0 Å². The number of aliphatic hydroxyl groups excluding tert-OH is 13. The van der Waals surface area contributed by atoms with Gasteiger partial charge in [0.25, 0.3) is 0 Å².